The highest BCUT2D eigenvalue weighted by molar-refractivity contribution is 14.1. The van der Waals surface area contributed by atoms with E-state index >= 15 is 0 Å². The topological polar surface area (TPSA) is 32.3 Å². The van der Waals surface area contributed by atoms with Crippen LogP contribution in [0.5, 0.6) is 0 Å². The first-order valence-electron chi connectivity index (χ1n) is 5.28. The summed E-state index contributed by atoms with van der Waals surface area (Å²) in [5.41, 5.74) is 0.727. The minimum atomic E-state index is 0.00940. The number of hydrogen-bond acceptors (Lipinski definition) is 2. The predicted octanol–water partition coefficient (Wildman–Crippen LogP) is 1.97. The van der Waals surface area contributed by atoms with Crippen LogP contribution in [0.4, 0.5) is 0 Å². The third kappa shape index (κ3) is 4.94. The van der Waals surface area contributed by atoms with Gasteiger partial charge in [-0.05, 0) is 73.9 Å². The average Bonchev–Trinajstić information content (AvgIpc) is 2.25. The first kappa shape index (κ1) is 13.4. The Morgan fingerprint density at radius 2 is 1.94 bits per heavy atom. The molecule has 0 spiro atoms. The van der Waals surface area contributed by atoms with Crippen LogP contribution in [0.25, 0.3) is 0 Å². The minimum Gasteiger partial charge on any atom is -0.352 e. The van der Waals surface area contributed by atoms with Gasteiger partial charge in [0.25, 0.3) is 5.91 Å². The normalized spacial score (nSPS) is 10.5. The van der Waals surface area contributed by atoms with Crippen LogP contribution in [0.2, 0.25) is 0 Å². The lowest BCUT2D eigenvalue weighted by atomic mass is 10.3. The van der Waals surface area contributed by atoms with E-state index in [4.69, 9.17) is 0 Å². The van der Waals surface area contributed by atoms with Crippen LogP contribution in [0.1, 0.15) is 16.8 Å². The maximum atomic E-state index is 11.7. The van der Waals surface area contributed by atoms with Crippen molar-refractivity contribution in [3.05, 3.63) is 33.4 Å². The first-order valence-corrected chi connectivity index (χ1v) is 6.36. The number of amides is 1. The molecule has 1 amide bonds. The average molecular weight is 334 g/mol. The Hall–Kier alpha value is -0.620. The van der Waals surface area contributed by atoms with Gasteiger partial charge in [-0.1, -0.05) is 0 Å². The molecule has 0 saturated carbocycles. The molecule has 16 heavy (non-hydrogen) atoms. The molecule has 0 aliphatic heterocycles. The van der Waals surface area contributed by atoms with Crippen LogP contribution in [0, 0.1) is 3.57 Å². The molecule has 0 radical (unpaired) electrons. The van der Waals surface area contributed by atoms with Gasteiger partial charge in [0.15, 0.2) is 0 Å². The van der Waals surface area contributed by atoms with Crippen molar-refractivity contribution >= 4 is 28.5 Å². The summed E-state index contributed by atoms with van der Waals surface area (Å²) < 4.78 is 1.14. The van der Waals surface area contributed by atoms with E-state index in [0.717, 1.165) is 28.6 Å². The van der Waals surface area contributed by atoms with E-state index in [9.17, 15) is 4.79 Å². The van der Waals surface area contributed by atoms with Crippen molar-refractivity contribution in [1.29, 1.82) is 0 Å². The number of carbonyl (C=O) groups is 1. The third-order valence-corrected chi connectivity index (χ3v) is 2.89. The molecule has 1 N–H and O–H groups in total. The zero-order valence-corrected chi connectivity index (χ0v) is 11.8. The van der Waals surface area contributed by atoms with Crippen LogP contribution in [0.3, 0.4) is 0 Å². The Balaban J connectivity index is 2.32. The fourth-order valence-electron chi connectivity index (χ4n) is 1.30. The van der Waals surface area contributed by atoms with Gasteiger partial charge in [0.1, 0.15) is 0 Å². The maximum absolute atomic E-state index is 11.7. The Labute approximate surface area is 110 Å². The lowest BCUT2D eigenvalue weighted by Crippen LogP contribution is -2.27. The summed E-state index contributed by atoms with van der Waals surface area (Å²) in [4.78, 5) is 13.8. The molecule has 3 nitrogen and oxygen atoms in total. The highest BCUT2D eigenvalue weighted by Gasteiger charge is 2.03. The van der Waals surface area contributed by atoms with Gasteiger partial charge >= 0.3 is 0 Å². The SMILES string of the molecule is CN(C)CCCN[14C](=O)c1ccc(I)cc1. The summed E-state index contributed by atoms with van der Waals surface area (Å²) in [5, 5.41) is 2.91. The second-order valence-electron chi connectivity index (χ2n) is 3.92. The van der Waals surface area contributed by atoms with Gasteiger partial charge in [0, 0.05) is 15.7 Å². The molecule has 0 bridgehead atoms. The molecule has 4 heteroatoms. The van der Waals surface area contributed by atoms with Gasteiger partial charge < -0.3 is 10.2 Å². The van der Waals surface area contributed by atoms with E-state index in [0.29, 0.717) is 0 Å². The Morgan fingerprint density at radius 3 is 2.50 bits per heavy atom. The van der Waals surface area contributed by atoms with Crippen molar-refractivity contribution in [1.82, 2.24) is 10.2 Å². The molecule has 0 heterocycles. The molecule has 1 aromatic rings. The molecule has 0 aliphatic rings. The number of hydrogen-bond donors (Lipinski definition) is 1. The summed E-state index contributed by atoms with van der Waals surface area (Å²) in [5.74, 6) is 0.00940. The van der Waals surface area contributed by atoms with Gasteiger partial charge in [-0.15, -0.1) is 0 Å². The van der Waals surface area contributed by atoms with E-state index in [1.54, 1.807) is 0 Å². The second-order valence-corrected chi connectivity index (χ2v) is 5.17. The quantitative estimate of drug-likeness (QED) is 0.660. The Morgan fingerprint density at radius 1 is 1.31 bits per heavy atom. The van der Waals surface area contributed by atoms with Crippen molar-refractivity contribution < 1.29 is 4.79 Å². The third-order valence-electron chi connectivity index (χ3n) is 2.17. The van der Waals surface area contributed by atoms with Crippen LogP contribution in [-0.4, -0.2) is 38.0 Å². The van der Waals surface area contributed by atoms with Gasteiger partial charge in [-0.2, -0.15) is 0 Å². The molecule has 0 unspecified atom stereocenters. The van der Waals surface area contributed by atoms with E-state index in [1.807, 2.05) is 38.4 Å². The summed E-state index contributed by atoms with van der Waals surface area (Å²) in [7, 11) is 4.06. The van der Waals surface area contributed by atoms with Crippen molar-refractivity contribution in [3.63, 3.8) is 0 Å². The molecular weight excluding hydrogens is 317 g/mol. The molecule has 0 fully saturated rings. The summed E-state index contributed by atoms with van der Waals surface area (Å²) >= 11 is 2.22. The van der Waals surface area contributed by atoms with Gasteiger partial charge in [-0.25, -0.2) is 0 Å². The number of benzene rings is 1. The lowest BCUT2D eigenvalue weighted by Gasteiger charge is -2.09. The molecule has 88 valence electrons. The molecule has 0 aromatic heterocycles. The molecule has 0 saturated heterocycles. The summed E-state index contributed by atoms with van der Waals surface area (Å²) in [6.07, 6.45) is 0.975. The Bertz CT molecular complexity index is 335. The summed E-state index contributed by atoms with van der Waals surface area (Å²) in [6, 6.07) is 7.58. The number of carbonyl (C=O) groups excluding carboxylic acids is 1. The molecular formula is C12H17IN2O. The number of nitrogens with zero attached hydrogens (tertiary/aromatic N) is 1. The van der Waals surface area contributed by atoms with Gasteiger partial charge in [-0.3, -0.25) is 4.79 Å². The van der Waals surface area contributed by atoms with Gasteiger partial charge in [0.2, 0.25) is 0 Å². The van der Waals surface area contributed by atoms with E-state index in [1.165, 1.54) is 0 Å². The fraction of sp³-hybridized carbons (Fsp3) is 0.417. The highest BCUT2D eigenvalue weighted by atomic mass is 127. The van der Waals surface area contributed by atoms with E-state index in [2.05, 4.69) is 32.8 Å². The van der Waals surface area contributed by atoms with E-state index in [-0.39, 0.29) is 5.91 Å². The zero-order chi connectivity index (χ0) is 12.0. The van der Waals surface area contributed by atoms with Crippen LogP contribution >= 0.6 is 22.6 Å². The highest BCUT2D eigenvalue weighted by Crippen LogP contribution is 2.06. The van der Waals surface area contributed by atoms with E-state index < -0.39 is 0 Å². The standard InChI is InChI=1S/C12H17IN2O/c1-15(2)9-3-8-14-12(16)10-4-6-11(13)7-5-10/h4-7H,3,8-9H2,1-2H3,(H,14,16)/i12+2. The van der Waals surface area contributed by atoms with Crippen molar-refractivity contribution in [2.24, 2.45) is 0 Å². The molecule has 0 aliphatic carbocycles. The fourth-order valence-corrected chi connectivity index (χ4v) is 1.66. The smallest absolute Gasteiger partial charge is 0.251 e. The molecule has 1 rings (SSSR count). The Kier molecular flexibility index (Phi) is 5.76. The van der Waals surface area contributed by atoms with Crippen LogP contribution in [-0.2, 0) is 0 Å². The maximum Gasteiger partial charge on any atom is 0.251 e. The van der Waals surface area contributed by atoms with Gasteiger partial charge in [0.05, 0.1) is 0 Å². The predicted molar refractivity (Wildman–Crippen MR) is 74.7 cm³/mol. The zero-order valence-electron chi connectivity index (χ0n) is 9.66. The van der Waals surface area contributed by atoms with Crippen molar-refractivity contribution in [2.75, 3.05) is 27.2 Å². The van der Waals surface area contributed by atoms with Crippen molar-refractivity contribution in [3.8, 4) is 0 Å². The lowest BCUT2D eigenvalue weighted by molar-refractivity contribution is 0.0952. The number of nitrogens with one attached hydrogen (secondary N) is 1. The monoisotopic (exact) mass is 334 g/mol. The minimum absolute atomic E-state index is 0.00940. The largest absolute Gasteiger partial charge is 0.352 e. The summed E-state index contributed by atoms with van der Waals surface area (Å²) in [6.45, 7) is 1.72. The van der Waals surface area contributed by atoms with Crippen LogP contribution < -0.4 is 5.32 Å². The van der Waals surface area contributed by atoms with Crippen LogP contribution in [0.15, 0.2) is 24.3 Å². The first-order chi connectivity index (χ1) is 7.59. The molecule has 0 atom stereocenters. The number of rotatable bonds is 5. The number of halogens is 1. The second kappa shape index (κ2) is 6.85. The molecule has 1 aromatic carbocycles. The van der Waals surface area contributed by atoms with Crippen molar-refractivity contribution in [2.45, 2.75) is 6.42 Å².